The van der Waals surface area contributed by atoms with Crippen LogP contribution in [0.5, 0.6) is 11.5 Å². The van der Waals surface area contributed by atoms with Crippen LogP contribution >= 0.6 is 0 Å². The van der Waals surface area contributed by atoms with E-state index in [1.807, 2.05) is 18.2 Å². The quantitative estimate of drug-likeness (QED) is 0.450. The van der Waals surface area contributed by atoms with Gasteiger partial charge in [-0.3, -0.25) is 0 Å². The summed E-state index contributed by atoms with van der Waals surface area (Å²) >= 11 is 0. The molecule has 0 aromatic heterocycles. The van der Waals surface area contributed by atoms with Crippen molar-refractivity contribution in [2.75, 3.05) is 19.8 Å². The Balaban J connectivity index is 1.80. The van der Waals surface area contributed by atoms with E-state index in [0.717, 1.165) is 37.0 Å². The fraction of sp³-hybridized carbons (Fsp3) is 0.500. The van der Waals surface area contributed by atoms with Crippen LogP contribution < -0.4 is 9.47 Å². The third-order valence-corrected chi connectivity index (χ3v) is 3.07. The highest BCUT2D eigenvalue weighted by molar-refractivity contribution is 6.05. The number of ether oxygens (including phenoxy) is 2. The predicted octanol–water partition coefficient (Wildman–Crippen LogP) is 2.19. The van der Waals surface area contributed by atoms with Gasteiger partial charge < -0.3 is 19.8 Å². The van der Waals surface area contributed by atoms with Gasteiger partial charge in [-0.05, 0) is 31.4 Å². The van der Waals surface area contributed by atoms with Crippen LogP contribution in [0, 0.1) is 0 Å². The maximum atomic E-state index is 8.79. The molecule has 1 aromatic carbocycles. The Morgan fingerprint density at radius 1 is 1.21 bits per heavy atom. The molecule has 0 aliphatic carbocycles. The van der Waals surface area contributed by atoms with Crippen LogP contribution in [0.1, 0.15) is 31.2 Å². The molecular formula is C14H19NO4. The van der Waals surface area contributed by atoms with Gasteiger partial charge in [-0.15, -0.1) is 0 Å². The van der Waals surface area contributed by atoms with Gasteiger partial charge in [0.2, 0.25) is 0 Å². The molecule has 5 nitrogen and oxygen atoms in total. The predicted molar refractivity (Wildman–Crippen MR) is 71.3 cm³/mol. The van der Waals surface area contributed by atoms with Crippen molar-refractivity contribution >= 4 is 5.71 Å². The second-order valence-electron chi connectivity index (χ2n) is 4.48. The zero-order valence-electron chi connectivity index (χ0n) is 10.8. The van der Waals surface area contributed by atoms with Crippen molar-refractivity contribution < 1.29 is 19.8 Å². The third kappa shape index (κ3) is 3.61. The molecule has 0 saturated heterocycles. The average Bonchev–Trinajstić information content (AvgIpc) is 2.85. The van der Waals surface area contributed by atoms with Crippen molar-refractivity contribution in [3.63, 3.8) is 0 Å². The molecule has 0 unspecified atom stereocenters. The zero-order chi connectivity index (χ0) is 13.5. The Morgan fingerprint density at radius 3 is 2.84 bits per heavy atom. The zero-order valence-corrected chi connectivity index (χ0v) is 10.8. The van der Waals surface area contributed by atoms with Gasteiger partial charge >= 0.3 is 0 Å². The van der Waals surface area contributed by atoms with E-state index in [4.69, 9.17) is 19.8 Å². The van der Waals surface area contributed by atoms with Crippen molar-refractivity contribution in [1.82, 2.24) is 0 Å². The summed E-state index contributed by atoms with van der Waals surface area (Å²) in [6, 6.07) is 5.52. The van der Waals surface area contributed by atoms with Crippen LogP contribution in [0.4, 0.5) is 0 Å². The average molecular weight is 265 g/mol. The monoisotopic (exact) mass is 265 g/mol. The molecule has 0 saturated carbocycles. The first-order valence-corrected chi connectivity index (χ1v) is 6.57. The number of hydrogen-bond acceptors (Lipinski definition) is 5. The van der Waals surface area contributed by atoms with E-state index in [1.165, 1.54) is 0 Å². The molecule has 1 heterocycles. The van der Waals surface area contributed by atoms with E-state index in [1.54, 1.807) is 0 Å². The number of benzene rings is 1. The van der Waals surface area contributed by atoms with Crippen LogP contribution in [-0.2, 0) is 0 Å². The molecule has 0 fully saturated rings. The molecule has 0 spiro atoms. The van der Waals surface area contributed by atoms with Crippen molar-refractivity contribution in [2.24, 2.45) is 5.16 Å². The van der Waals surface area contributed by atoms with E-state index >= 15 is 0 Å². The summed E-state index contributed by atoms with van der Waals surface area (Å²) in [6.07, 6.45) is 3.92. The molecule has 0 amide bonds. The summed E-state index contributed by atoms with van der Waals surface area (Å²) in [4.78, 5) is 0. The van der Waals surface area contributed by atoms with E-state index in [-0.39, 0.29) is 6.61 Å². The lowest BCUT2D eigenvalue weighted by atomic mass is 10.1. The first-order valence-electron chi connectivity index (χ1n) is 6.57. The second-order valence-corrected chi connectivity index (χ2v) is 4.48. The van der Waals surface area contributed by atoms with Gasteiger partial charge in [-0.1, -0.05) is 11.6 Å². The number of fused-ring (bicyclic) bond motifs is 1. The van der Waals surface area contributed by atoms with Crippen molar-refractivity contribution in [3.8, 4) is 11.5 Å². The Bertz CT molecular complexity index is 445. The molecule has 104 valence electrons. The van der Waals surface area contributed by atoms with Crippen molar-refractivity contribution in [2.45, 2.75) is 25.7 Å². The van der Waals surface area contributed by atoms with Crippen LogP contribution in [0.25, 0.3) is 0 Å². The summed E-state index contributed by atoms with van der Waals surface area (Å²) in [6.45, 7) is 1.22. The number of oxime groups is 1. The lowest BCUT2D eigenvalue weighted by Gasteiger charge is -2.07. The number of rotatable bonds is 7. The lowest BCUT2D eigenvalue weighted by Crippen LogP contribution is -2.01. The van der Waals surface area contributed by atoms with Crippen LogP contribution in [0.2, 0.25) is 0 Å². The largest absolute Gasteiger partial charge is 0.493 e. The van der Waals surface area contributed by atoms with E-state index in [2.05, 4.69) is 5.16 Å². The standard InChI is InChI=1S/C14H19NO4/c16-7-3-1-2-4-8-18-11-5-6-12-13(15-17)10-19-14(12)9-11/h5-6,9,16-17H,1-4,7-8,10H2/b15-13+. The lowest BCUT2D eigenvalue weighted by molar-refractivity contribution is 0.273. The highest BCUT2D eigenvalue weighted by Gasteiger charge is 2.20. The minimum absolute atomic E-state index is 0.262. The van der Waals surface area contributed by atoms with E-state index in [0.29, 0.717) is 24.7 Å². The van der Waals surface area contributed by atoms with Crippen LogP contribution in [0.15, 0.2) is 23.4 Å². The highest BCUT2D eigenvalue weighted by atomic mass is 16.5. The van der Waals surface area contributed by atoms with Gasteiger partial charge in [0.15, 0.2) is 0 Å². The summed E-state index contributed by atoms with van der Waals surface area (Å²) in [5.74, 6) is 1.46. The van der Waals surface area contributed by atoms with Gasteiger partial charge in [0.25, 0.3) is 0 Å². The summed E-state index contributed by atoms with van der Waals surface area (Å²) < 4.78 is 11.0. The number of nitrogens with zero attached hydrogens (tertiary/aromatic N) is 1. The van der Waals surface area contributed by atoms with Gasteiger partial charge in [-0.2, -0.15) is 0 Å². The normalized spacial score (nSPS) is 15.3. The van der Waals surface area contributed by atoms with Gasteiger partial charge in [0.1, 0.15) is 23.8 Å². The highest BCUT2D eigenvalue weighted by Crippen LogP contribution is 2.29. The molecule has 0 atom stereocenters. The number of unbranched alkanes of at least 4 members (excludes halogenated alkanes) is 3. The van der Waals surface area contributed by atoms with Crippen LogP contribution in [0.3, 0.4) is 0 Å². The van der Waals surface area contributed by atoms with Crippen LogP contribution in [-0.4, -0.2) is 35.8 Å². The SMILES string of the molecule is OCCCCCCOc1ccc2c(c1)OC/C2=N\O. The summed E-state index contributed by atoms with van der Waals surface area (Å²) in [5.41, 5.74) is 1.36. The van der Waals surface area contributed by atoms with E-state index in [9.17, 15) is 0 Å². The molecule has 2 rings (SSSR count). The molecule has 5 heteroatoms. The fourth-order valence-corrected chi connectivity index (χ4v) is 2.01. The summed E-state index contributed by atoms with van der Waals surface area (Å²) in [5, 5.41) is 20.6. The first-order chi connectivity index (χ1) is 9.35. The molecule has 1 aliphatic heterocycles. The van der Waals surface area contributed by atoms with Gasteiger partial charge in [0, 0.05) is 18.2 Å². The van der Waals surface area contributed by atoms with Crippen molar-refractivity contribution in [3.05, 3.63) is 23.8 Å². The fourth-order valence-electron chi connectivity index (χ4n) is 2.01. The second kappa shape index (κ2) is 6.99. The Morgan fingerprint density at radius 2 is 2.05 bits per heavy atom. The molecule has 1 aromatic rings. The molecule has 2 N–H and O–H groups in total. The van der Waals surface area contributed by atoms with Gasteiger partial charge in [0.05, 0.1) is 6.61 Å². The Labute approximate surface area is 112 Å². The maximum absolute atomic E-state index is 8.79. The summed E-state index contributed by atoms with van der Waals surface area (Å²) in [7, 11) is 0. The minimum Gasteiger partial charge on any atom is -0.493 e. The Hall–Kier alpha value is -1.75. The third-order valence-electron chi connectivity index (χ3n) is 3.07. The minimum atomic E-state index is 0.262. The maximum Gasteiger partial charge on any atom is 0.134 e. The molecule has 19 heavy (non-hydrogen) atoms. The Kier molecular flexibility index (Phi) is 5.03. The van der Waals surface area contributed by atoms with Gasteiger partial charge in [-0.25, -0.2) is 0 Å². The molecule has 0 bridgehead atoms. The molecule has 1 aliphatic rings. The smallest absolute Gasteiger partial charge is 0.134 e. The molecule has 0 radical (unpaired) electrons. The van der Waals surface area contributed by atoms with E-state index < -0.39 is 0 Å². The van der Waals surface area contributed by atoms with Crippen molar-refractivity contribution in [1.29, 1.82) is 0 Å². The topological polar surface area (TPSA) is 71.3 Å². The first kappa shape index (κ1) is 13.7. The number of aliphatic hydroxyl groups is 1. The molecular weight excluding hydrogens is 246 g/mol. The number of aliphatic hydroxyl groups excluding tert-OH is 1. The number of hydrogen-bond donors (Lipinski definition) is 2.